The van der Waals surface area contributed by atoms with E-state index >= 15 is 0 Å². The molecule has 0 fully saturated rings. The molecule has 0 saturated heterocycles. The molecule has 14 heavy (non-hydrogen) atoms. The van der Waals surface area contributed by atoms with E-state index in [1.165, 1.54) is 0 Å². The van der Waals surface area contributed by atoms with Crippen LogP contribution in [0.15, 0.2) is 24.3 Å². The fourth-order valence-electron chi connectivity index (χ4n) is 0.921. The van der Waals surface area contributed by atoms with Crippen molar-refractivity contribution in [1.29, 1.82) is 0 Å². The van der Waals surface area contributed by atoms with Crippen LogP contribution in [0.4, 0.5) is 8.78 Å². The summed E-state index contributed by atoms with van der Waals surface area (Å²) in [5, 5.41) is 0. The van der Waals surface area contributed by atoms with Crippen molar-refractivity contribution in [2.45, 2.75) is 13.0 Å². The van der Waals surface area contributed by atoms with E-state index in [4.69, 9.17) is 10.5 Å². The Hall–Kier alpha value is -0.870. The minimum Gasteiger partial charge on any atom is -0.488 e. The first-order valence-electron chi connectivity index (χ1n) is 3.92. The van der Waals surface area contributed by atoms with E-state index < -0.39 is 13.0 Å². The van der Waals surface area contributed by atoms with E-state index in [9.17, 15) is 8.78 Å². The summed E-state index contributed by atoms with van der Waals surface area (Å²) in [6.07, 6.45) is -2.44. The number of benzene rings is 1. The second-order valence-electron chi connectivity index (χ2n) is 2.55. The summed E-state index contributed by atoms with van der Waals surface area (Å²) >= 11 is 0. The van der Waals surface area contributed by atoms with Crippen molar-refractivity contribution in [1.82, 2.24) is 0 Å². The van der Waals surface area contributed by atoms with Gasteiger partial charge in [-0.3, -0.25) is 0 Å². The Bertz CT molecular complexity index is 271. The van der Waals surface area contributed by atoms with Crippen molar-refractivity contribution in [3.63, 3.8) is 0 Å². The summed E-state index contributed by atoms with van der Waals surface area (Å²) in [5.41, 5.74) is 6.24. The van der Waals surface area contributed by atoms with Gasteiger partial charge in [0.15, 0.2) is 0 Å². The SMILES string of the molecule is Cl.NCc1cccc(OCC(F)F)c1. The third-order valence-corrected chi connectivity index (χ3v) is 1.51. The number of rotatable bonds is 4. The van der Waals surface area contributed by atoms with E-state index in [-0.39, 0.29) is 12.4 Å². The summed E-state index contributed by atoms with van der Waals surface area (Å²) in [4.78, 5) is 0. The van der Waals surface area contributed by atoms with E-state index in [1.807, 2.05) is 6.07 Å². The molecule has 2 nitrogen and oxygen atoms in total. The van der Waals surface area contributed by atoms with Crippen LogP contribution in [0, 0.1) is 0 Å². The average molecular weight is 224 g/mol. The van der Waals surface area contributed by atoms with Gasteiger partial charge in [-0.2, -0.15) is 0 Å². The van der Waals surface area contributed by atoms with Gasteiger partial charge >= 0.3 is 0 Å². The molecule has 0 heterocycles. The molecule has 80 valence electrons. The van der Waals surface area contributed by atoms with Crippen LogP contribution in [0.25, 0.3) is 0 Å². The van der Waals surface area contributed by atoms with E-state index in [0.29, 0.717) is 12.3 Å². The highest BCUT2D eigenvalue weighted by Crippen LogP contribution is 2.13. The van der Waals surface area contributed by atoms with Crippen LogP contribution >= 0.6 is 12.4 Å². The first kappa shape index (κ1) is 13.1. The molecule has 0 atom stereocenters. The third kappa shape index (κ3) is 4.39. The maximum absolute atomic E-state index is 11.8. The molecule has 2 N–H and O–H groups in total. The lowest BCUT2D eigenvalue weighted by Gasteiger charge is -2.05. The van der Waals surface area contributed by atoms with Gasteiger partial charge in [0.2, 0.25) is 0 Å². The number of nitrogens with two attached hydrogens (primary N) is 1. The zero-order chi connectivity index (χ0) is 9.68. The molecule has 0 aliphatic heterocycles. The van der Waals surface area contributed by atoms with Crippen LogP contribution < -0.4 is 10.5 Å². The Labute approximate surface area is 87.5 Å². The molecule has 5 heteroatoms. The number of hydrogen-bond acceptors (Lipinski definition) is 2. The lowest BCUT2D eigenvalue weighted by molar-refractivity contribution is 0.0818. The molecular weight excluding hydrogens is 212 g/mol. The Morgan fingerprint density at radius 1 is 1.36 bits per heavy atom. The smallest absolute Gasteiger partial charge is 0.272 e. The second-order valence-corrected chi connectivity index (χ2v) is 2.55. The largest absolute Gasteiger partial charge is 0.488 e. The molecule has 1 aromatic rings. The number of hydrogen-bond donors (Lipinski definition) is 1. The Balaban J connectivity index is 0.00000169. The molecule has 0 bridgehead atoms. The number of alkyl halides is 2. The molecule has 1 aromatic carbocycles. The topological polar surface area (TPSA) is 35.2 Å². The van der Waals surface area contributed by atoms with Gasteiger partial charge in [-0.25, -0.2) is 8.78 Å². The molecule has 1 rings (SSSR count). The van der Waals surface area contributed by atoms with Gasteiger partial charge < -0.3 is 10.5 Å². The lowest BCUT2D eigenvalue weighted by Crippen LogP contribution is -2.07. The summed E-state index contributed by atoms with van der Waals surface area (Å²) in [6, 6.07) is 6.82. The fourth-order valence-corrected chi connectivity index (χ4v) is 0.921. The highest BCUT2D eigenvalue weighted by Gasteiger charge is 2.03. The van der Waals surface area contributed by atoms with Gasteiger partial charge in [0.1, 0.15) is 12.4 Å². The maximum Gasteiger partial charge on any atom is 0.272 e. The highest BCUT2D eigenvalue weighted by molar-refractivity contribution is 5.85. The standard InChI is InChI=1S/C9H11F2NO.ClH/c10-9(11)6-13-8-3-1-2-7(4-8)5-12;/h1-4,9H,5-6,12H2;1H. The van der Waals surface area contributed by atoms with Crippen LogP contribution in [-0.2, 0) is 6.54 Å². The maximum atomic E-state index is 11.8. The predicted octanol–water partition coefficient (Wildman–Crippen LogP) is 2.21. The van der Waals surface area contributed by atoms with Gasteiger partial charge in [0, 0.05) is 6.54 Å². The van der Waals surface area contributed by atoms with Gasteiger partial charge in [-0.1, -0.05) is 12.1 Å². The first-order chi connectivity index (χ1) is 6.22. The Kier molecular flexibility index (Phi) is 6.16. The predicted molar refractivity (Wildman–Crippen MR) is 53.1 cm³/mol. The van der Waals surface area contributed by atoms with Gasteiger partial charge in [0.05, 0.1) is 0 Å². The number of ether oxygens (including phenoxy) is 1. The zero-order valence-electron chi connectivity index (χ0n) is 7.45. The molecule has 0 aromatic heterocycles. The van der Waals surface area contributed by atoms with Crippen molar-refractivity contribution in [3.8, 4) is 5.75 Å². The van der Waals surface area contributed by atoms with Gasteiger partial charge in [-0.15, -0.1) is 12.4 Å². The Morgan fingerprint density at radius 2 is 2.07 bits per heavy atom. The van der Waals surface area contributed by atoms with Gasteiger partial charge in [0.25, 0.3) is 6.43 Å². The van der Waals surface area contributed by atoms with E-state index in [2.05, 4.69) is 0 Å². The van der Waals surface area contributed by atoms with Crippen molar-refractivity contribution >= 4 is 12.4 Å². The Morgan fingerprint density at radius 3 is 2.64 bits per heavy atom. The lowest BCUT2D eigenvalue weighted by atomic mass is 10.2. The highest BCUT2D eigenvalue weighted by atomic mass is 35.5. The number of halogens is 3. The average Bonchev–Trinajstić information content (AvgIpc) is 2.15. The molecule has 0 unspecified atom stereocenters. The van der Waals surface area contributed by atoms with Crippen molar-refractivity contribution in [2.75, 3.05) is 6.61 Å². The van der Waals surface area contributed by atoms with Gasteiger partial charge in [-0.05, 0) is 17.7 Å². The molecule has 0 spiro atoms. The van der Waals surface area contributed by atoms with E-state index in [1.54, 1.807) is 18.2 Å². The van der Waals surface area contributed by atoms with Crippen molar-refractivity contribution < 1.29 is 13.5 Å². The summed E-state index contributed by atoms with van der Waals surface area (Å²) in [7, 11) is 0. The molecule has 0 radical (unpaired) electrons. The summed E-state index contributed by atoms with van der Waals surface area (Å²) < 4.78 is 28.3. The third-order valence-electron chi connectivity index (χ3n) is 1.51. The normalized spacial score (nSPS) is 9.71. The fraction of sp³-hybridized carbons (Fsp3) is 0.333. The first-order valence-corrected chi connectivity index (χ1v) is 3.92. The molecule has 0 aliphatic rings. The van der Waals surface area contributed by atoms with Crippen LogP contribution in [0.1, 0.15) is 5.56 Å². The monoisotopic (exact) mass is 223 g/mol. The molecule has 0 saturated carbocycles. The molecule has 0 amide bonds. The van der Waals surface area contributed by atoms with Crippen LogP contribution in [0.5, 0.6) is 5.75 Å². The summed E-state index contributed by atoms with van der Waals surface area (Å²) in [5.74, 6) is 0.434. The van der Waals surface area contributed by atoms with Crippen LogP contribution in [0.3, 0.4) is 0 Å². The second kappa shape index (κ2) is 6.56. The van der Waals surface area contributed by atoms with Crippen molar-refractivity contribution in [2.24, 2.45) is 5.73 Å². The van der Waals surface area contributed by atoms with Crippen LogP contribution in [-0.4, -0.2) is 13.0 Å². The minimum atomic E-state index is -2.44. The molecular formula is C9H12ClF2NO. The van der Waals surface area contributed by atoms with Crippen LogP contribution in [0.2, 0.25) is 0 Å². The quantitative estimate of drug-likeness (QED) is 0.850. The molecule has 0 aliphatic carbocycles. The zero-order valence-corrected chi connectivity index (χ0v) is 8.27. The van der Waals surface area contributed by atoms with E-state index in [0.717, 1.165) is 5.56 Å². The minimum absolute atomic E-state index is 0. The van der Waals surface area contributed by atoms with Crippen molar-refractivity contribution in [3.05, 3.63) is 29.8 Å². The summed E-state index contributed by atoms with van der Waals surface area (Å²) in [6.45, 7) is -0.195.